The molecule has 0 bridgehead atoms. The van der Waals surface area contributed by atoms with Crippen molar-refractivity contribution in [1.29, 1.82) is 0 Å². The molecule has 4 aromatic rings. The van der Waals surface area contributed by atoms with Gasteiger partial charge in [-0.05, 0) is 55.7 Å². The van der Waals surface area contributed by atoms with E-state index < -0.39 is 25.7 Å². The minimum Gasteiger partial charge on any atom is -0.455 e. The van der Waals surface area contributed by atoms with Gasteiger partial charge in [0, 0.05) is 42.8 Å². The smallest absolute Gasteiger partial charge is 0.293 e. The van der Waals surface area contributed by atoms with Crippen LogP contribution in [-0.2, 0) is 10.0 Å². The first-order valence-corrected chi connectivity index (χ1v) is 14.3. The number of rotatable bonds is 9. The summed E-state index contributed by atoms with van der Waals surface area (Å²) in [5, 5.41) is 15.8. The van der Waals surface area contributed by atoms with Crippen LogP contribution in [0.5, 0.6) is 11.5 Å². The molecule has 0 radical (unpaired) electrons. The Hall–Kier alpha value is -4.49. The van der Waals surface area contributed by atoms with Gasteiger partial charge in [0.05, 0.1) is 21.6 Å². The number of carbonyl (C=O) groups is 1. The molecule has 40 heavy (non-hydrogen) atoms. The number of fused-ring (bicyclic) bond motifs is 1. The summed E-state index contributed by atoms with van der Waals surface area (Å²) in [6.07, 6.45) is 6.43. The van der Waals surface area contributed by atoms with Gasteiger partial charge in [0.25, 0.3) is 21.6 Å². The van der Waals surface area contributed by atoms with Gasteiger partial charge in [-0.1, -0.05) is 12.1 Å². The van der Waals surface area contributed by atoms with Crippen molar-refractivity contribution in [2.75, 3.05) is 18.4 Å². The maximum atomic E-state index is 13.1. The fourth-order valence-corrected chi connectivity index (χ4v) is 5.92. The van der Waals surface area contributed by atoms with E-state index in [0.717, 1.165) is 31.0 Å². The van der Waals surface area contributed by atoms with Gasteiger partial charge in [-0.2, -0.15) is 0 Å². The molecule has 1 saturated carbocycles. The first kappa shape index (κ1) is 25.8. The molecule has 2 fully saturated rings. The van der Waals surface area contributed by atoms with Crippen molar-refractivity contribution in [1.82, 2.24) is 19.6 Å². The Kier molecular flexibility index (Phi) is 6.60. The largest absolute Gasteiger partial charge is 0.455 e. The summed E-state index contributed by atoms with van der Waals surface area (Å²) in [4.78, 5) is 33.5. The highest BCUT2D eigenvalue weighted by Crippen LogP contribution is 2.33. The third-order valence-corrected chi connectivity index (χ3v) is 8.41. The molecular formula is C27H26N6O6S. The summed E-state index contributed by atoms with van der Waals surface area (Å²) in [5.41, 5.74) is 0.499. The average Bonchev–Trinajstić information content (AvgIpc) is 3.49. The number of anilines is 1. The highest BCUT2D eigenvalue weighted by atomic mass is 32.2. The number of sulfonamides is 1. The summed E-state index contributed by atoms with van der Waals surface area (Å²) in [6.45, 7) is 1.71. The van der Waals surface area contributed by atoms with Crippen molar-refractivity contribution in [3.8, 4) is 11.5 Å². The van der Waals surface area contributed by atoms with Crippen LogP contribution < -0.4 is 14.8 Å². The molecule has 12 nitrogen and oxygen atoms in total. The number of likely N-dealkylation sites (tertiary alicyclic amines) is 1. The van der Waals surface area contributed by atoms with Gasteiger partial charge < -0.3 is 15.0 Å². The molecule has 206 valence electrons. The number of amides is 1. The van der Waals surface area contributed by atoms with Crippen LogP contribution in [0.3, 0.4) is 0 Å². The number of nitrogens with zero attached hydrogens (tertiary/aromatic N) is 3. The van der Waals surface area contributed by atoms with E-state index in [1.165, 1.54) is 43.3 Å². The summed E-state index contributed by atoms with van der Waals surface area (Å²) < 4.78 is 34.1. The van der Waals surface area contributed by atoms with E-state index in [4.69, 9.17) is 4.74 Å². The number of nitro benzene ring substituents is 1. The Morgan fingerprint density at radius 1 is 1.12 bits per heavy atom. The number of hydrogen-bond donors (Lipinski definition) is 3. The molecule has 1 aliphatic heterocycles. The molecule has 1 saturated heterocycles. The molecule has 13 heteroatoms. The van der Waals surface area contributed by atoms with Gasteiger partial charge in [-0.25, -0.2) is 18.1 Å². The first-order valence-electron chi connectivity index (χ1n) is 12.8. The number of para-hydroxylation sites is 1. The molecule has 2 aliphatic rings. The van der Waals surface area contributed by atoms with E-state index in [1.807, 2.05) is 10.8 Å². The van der Waals surface area contributed by atoms with Gasteiger partial charge in [0.15, 0.2) is 0 Å². The Balaban J connectivity index is 1.19. The number of benzene rings is 2. The van der Waals surface area contributed by atoms with E-state index in [2.05, 4.69) is 20.2 Å². The standard InChI is InChI=1S/C27H26N6O6S/c34-27(22-3-1-2-4-25(22)39-20-13-17-9-11-28-26(17)29-15-20)31-40(37,38)21-7-8-23(24(14-21)33(35)36)30-18-10-12-32(16-18)19-5-6-19/h1-4,7-9,11,13-15,18-19,30H,5-6,10,12,16H2,(H,28,29)(H,31,34)/t18-/m0/s1. The van der Waals surface area contributed by atoms with E-state index >= 15 is 0 Å². The lowest BCUT2D eigenvalue weighted by Crippen LogP contribution is -2.31. The van der Waals surface area contributed by atoms with Crippen LogP contribution in [0.4, 0.5) is 11.4 Å². The van der Waals surface area contributed by atoms with Crippen molar-refractivity contribution in [2.45, 2.75) is 36.2 Å². The van der Waals surface area contributed by atoms with Crippen molar-refractivity contribution in [3.63, 3.8) is 0 Å². The zero-order valence-electron chi connectivity index (χ0n) is 21.2. The molecule has 1 amide bonds. The Bertz CT molecular complexity index is 1720. The molecular weight excluding hydrogens is 536 g/mol. The van der Waals surface area contributed by atoms with Crippen LogP contribution in [0.25, 0.3) is 11.0 Å². The van der Waals surface area contributed by atoms with Crippen LogP contribution in [0.1, 0.15) is 29.6 Å². The monoisotopic (exact) mass is 562 g/mol. The number of pyridine rings is 1. The lowest BCUT2D eigenvalue weighted by atomic mass is 10.2. The summed E-state index contributed by atoms with van der Waals surface area (Å²) >= 11 is 0. The third-order valence-electron chi connectivity index (χ3n) is 7.08. The number of nitrogens with one attached hydrogen (secondary N) is 3. The molecule has 2 aromatic carbocycles. The van der Waals surface area contributed by atoms with Crippen LogP contribution in [-0.4, -0.2) is 59.3 Å². The van der Waals surface area contributed by atoms with Crippen molar-refractivity contribution >= 4 is 38.3 Å². The molecule has 1 aliphatic carbocycles. The highest BCUT2D eigenvalue weighted by Gasteiger charge is 2.35. The highest BCUT2D eigenvalue weighted by molar-refractivity contribution is 7.90. The van der Waals surface area contributed by atoms with Crippen molar-refractivity contribution < 1.29 is 22.9 Å². The van der Waals surface area contributed by atoms with Gasteiger partial charge >= 0.3 is 0 Å². The SMILES string of the molecule is O=C(NS(=O)(=O)c1ccc(N[C@H]2CCN(C3CC3)C2)c([N+](=O)[O-])c1)c1ccccc1Oc1cnc2[nH]ccc2c1. The van der Waals surface area contributed by atoms with Crippen LogP contribution in [0.2, 0.25) is 0 Å². The number of nitro groups is 1. The lowest BCUT2D eigenvalue weighted by Gasteiger charge is -2.17. The number of aromatic nitrogens is 2. The minimum atomic E-state index is -4.44. The molecule has 2 aromatic heterocycles. The van der Waals surface area contributed by atoms with E-state index in [-0.39, 0.29) is 28.7 Å². The topological polar surface area (TPSA) is 160 Å². The summed E-state index contributed by atoms with van der Waals surface area (Å²) in [7, 11) is -4.44. The predicted molar refractivity (Wildman–Crippen MR) is 147 cm³/mol. The molecule has 3 N–H and O–H groups in total. The van der Waals surface area contributed by atoms with Crippen LogP contribution in [0.15, 0.2) is 71.9 Å². The predicted octanol–water partition coefficient (Wildman–Crippen LogP) is 4.03. The Morgan fingerprint density at radius 2 is 1.95 bits per heavy atom. The molecule has 3 heterocycles. The van der Waals surface area contributed by atoms with Gasteiger partial charge in [0.2, 0.25) is 0 Å². The first-order chi connectivity index (χ1) is 19.3. The van der Waals surface area contributed by atoms with E-state index in [0.29, 0.717) is 17.4 Å². The van der Waals surface area contributed by atoms with Crippen molar-refractivity contribution in [3.05, 3.63) is 82.7 Å². The number of carbonyl (C=O) groups excluding carboxylic acids is 1. The Labute approximate surface area is 229 Å². The van der Waals surface area contributed by atoms with Gasteiger partial charge in [-0.3, -0.25) is 19.8 Å². The summed E-state index contributed by atoms with van der Waals surface area (Å²) in [5.74, 6) is -0.465. The quantitative estimate of drug-likeness (QED) is 0.202. The number of ether oxygens (including phenoxy) is 1. The maximum absolute atomic E-state index is 13.1. The Morgan fingerprint density at radius 3 is 2.75 bits per heavy atom. The normalized spacial score (nSPS) is 17.6. The minimum absolute atomic E-state index is 0.0329. The molecule has 0 spiro atoms. The van der Waals surface area contributed by atoms with E-state index in [1.54, 1.807) is 24.4 Å². The van der Waals surface area contributed by atoms with Gasteiger partial charge in [-0.15, -0.1) is 0 Å². The molecule has 6 rings (SSSR count). The molecule has 1 atom stereocenters. The fourth-order valence-electron chi connectivity index (χ4n) is 4.93. The zero-order chi connectivity index (χ0) is 27.9. The molecule has 0 unspecified atom stereocenters. The average molecular weight is 563 g/mol. The van der Waals surface area contributed by atoms with Gasteiger partial charge in [0.1, 0.15) is 22.8 Å². The van der Waals surface area contributed by atoms with Crippen LogP contribution in [0, 0.1) is 10.1 Å². The number of H-pyrrole nitrogens is 1. The van der Waals surface area contributed by atoms with Crippen molar-refractivity contribution in [2.24, 2.45) is 0 Å². The van der Waals surface area contributed by atoms with Crippen LogP contribution >= 0.6 is 0 Å². The second-order valence-electron chi connectivity index (χ2n) is 9.91. The number of hydrogen-bond acceptors (Lipinski definition) is 9. The second kappa shape index (κ2) is 10.2. The zero-order valence-corrected chi connectivity index (χ0v) is 22.1. The third kappa shape index (κ3) is 5.33. The second-order valence-corrected chi connectivity index (χ2v) is 11.6. The maximum Gasteiger partial charge on any atom is 0.293 e. The lowest BCUT2D eigenvalue weighted by molar-refractivity contribution is -0.384. The number of aromatic amines is 1. The summed E-state index contributed by atoms with van der Waals surface area (Å²) in [6, 6.07) is 13.9. The fraction of sp³-hybridized carbons (Fsp3) is 0.259. The van der Waals surface area contributed by atoms with E-state index in [9.17, 15) is 23.3 Å².